The Bertz CT molecular complexity index is 587. The van der Waals surface area contributed by atoms with Gasteiger partial charge in [0, 0.05) is 33.2 Å². The predicted octanol–water partition coefficient (Wildman–Crippen LogP) is 3.48. The van der Waals surface area contributed by atoms with E-state index in [-0.39, 0.29) is 0 Å². The number of guanidine groups is 1. The highest BCUT2D eigenvalue weighted by molar-refractivity contribution is 5.80. The molecule has 25 heavy (non-hydrogen) atoms. The van der Waals surface area contributed by atoms with Crippen molar-refractivity contribution in [3.63, 3.8) is 0 Å². The van der Waals surface area contributed by atoms with Gasteiger partial charge in [0.15, 0.2) is 5.96 Å². The molecule has 3 rings (SSSR count). The quantitative estimate of drug-likeness (QED) is 0.671. The maximum absolute atomic E-state index is 4.57. The largest absolute Gasteiger partial charge is 0.352 e. The second-order valence-electron chi connectivity index (χ2n) is 8.14. The third kappa shape index (κ3) is 4.55. The van der Waals surface area contributed by atoms with Gasteiger partial charge in [-0.2, -0.15) is 0 Å². The third-order valence-corrected chi connectivity index (χ3v) is 5.91. The zero-order valence-corrected chi connectivity index (χ0v) is 16.2. The number of hydrogen-bond donors (Lipinski definition) is 1. The lowest BCUT2D eigenvalue weighted by Gasteiger charge is -2.33. The molecule has 1 N–H and O–H groups in total. The molecule has 4 heteroatoms. The zero-order chi connectivity index (χ0) is 17.7. The van der Waals surface area contributed by atoms with Gasteiger partial charge in [-0.25, -0.2) is 0 Å². The predicted molar refractivity (Wildman–Crippen MR) is 106 cm³/mol. The molecule has 2 fully saturated rings. The Labute approximate surface area is 153 Å². The van der Waals surface area contributed by atoms with Gasteiger partial charge in [-0.3, -0.25) is 4.99 Å². The van der Waals surface area contributed by atoms with Crippen molar-refractivity contribution in [3.8, 4) is 0 Å². The summed E-state index contributed by atoms with van der Waals surface area (Å²) >= 11 is 0. The summed E-state index contributed by atoms with van der Waals surface area (Å²) < 4.78 is 0. The number of nitrogens with zero attached hydrogens (tertiary/aromatic N) is 3. The van der Waals surface area contributed by atoms with Crippen molar-refractivity contribution in [2.75, 3.05) is 34.2 Å². The van der Waals surface area contributed by atoms with Crippen molar-refractivity contribution in [1.82, 2.24) is 15.1 Å². The van der Waals surface area contributed by atoms with Crippen LogP contribution in [0.25, 0.3) is 0 Å². The fourth-order valence-corrected chi connectivity index (χ4v) is 4.56. The van der Waals surface area contributed by atoms with E-state index < -0.39 is 0 Å². The molecule has 1 aliphatic heterocycles. The molecule has 0 amide bonds. The standard InChI is InChI=1S/C21H34N4/c1-22-20(25-14-13-21(17-25)11-7-4-8-12-21)23-15-18-9-5-6-10-19(18)16-24(2)3/h5-6,9-10H,4,7-8,11-17H2,1-3H3,(H,22,23). The van der Waals surface area contributed by atoms with Crippen molar-refractivity contribution in [2.24, 2.45) is 10.4 Å². The van der Waals surface area contributed by atoms with Crippen LogP contribution in [0, 0.1) is 5.41 Å². The molecule has 0 radical (unpaired) electrons. The summed E-state index contributed by atoms with van der Waals surface area (Å²) in [6.45, 7) is 4.16. The Kier molecular flexibility index (Phi) is 6.00. The second kappa shape index (κ2) is 8.22. The summed E-state index contributed by atoms with van der Waals surface area (Å²) in [5.74, 6) is 1.07. The highest BCUT2D eigenvalue weighted by Gasteiger charge is 2.39. The average Bonchev–Trinajstić information content (AvgIpc) is 3.00. The lowest BCUT2D eigenvalue weighted by Crippen LogP contribution is -2.41. The number of likely N-dealkylation sites (tertiary alicyclic amines) is 1. The summed E-state index contributed by atoms with van der Waals surface area (Å²) in [5.41, 5.74) is 3.32. The van der Waals surface area contributed by atoms with Crippen LogP contribution in [0.3, 0.4) is 0 Å². The van der Waals surface area contributed by atoms with E-state index in [0.717, 1.165) is 25.6 Å². The first-order chi connectivity index (χ1) is 12.1. The lowest BCUT2D eigenvalue weighted by molar-refractivity contribution is 0.203. The van der Waals surface area contributed by atoms with Gasteiger partial charge in [0.25, 0.3) is 0 Å². The van der Waals surface area contributed by atoms with E-state index in [1.807, 2.05) is 7.05 Å². The summed E-state index contributed by atoms with van der Waals surface area (Å²) in [6.07, 6.45) is 8.41. The third-order valence-electron chi connectivity index (χ3n) is 5.91. The highest BCUT2D eigenvalue weighted by Crippen LogP contribution is 2.43. The van der Waals surface area contributed by atoms with Crippen LogP contribution in [0.15, 0.2) is 29.3 Å². The van der Waals surface area contributed by atoms with Gasteiger partial charge in [0.2, 0.25) is 0 Å². The average molecular weight is 343 g/mol. The Hall–Kier alpha value is -1.55. The van der Waals surface area contributed by atoms with Gasteiger partial charge in [0.05, 0.1) is 0 Å². The Balaban J connectivity index is 1.60. The molecule has 1 saturated heterocycles. The molecule has 0 unspecified atom stereocenters. The molecule has 2 aliphatic rings. The van der Waals surface area contributed by atoms with E-state index in [1.54, 1.807) is 0 Å². The van der Waals surface area contributed by atoms with Gasteiger partial charge < -0.3 is 15.1 Å². The van der Waals surface area contributed by atoms with Crippen LogP contribution in [0.2, 0.25) is 0 Å². The van der Waals surface area contributed by atoms with E-state index in [4.69, 9.17) is 0 Å². The van der Waals surface area contributed by atoms with E-state index in [0.29, 0.717) is 5.41 Å². The molecule has 1 saturated carbocycles. The minimum Gasteiger partial charge on any atom is -0.352 e. The number of benzene rings is 1. The van der Waals surface area contributed by atoms with E-state index in [9.17, 15) is 0 Å². The van der Waals surface area contributed by atoms with E-state index >= 15 is 0 Å². The van der Waals surface area contributed by atoms with Gasteiger partial charge in [-0.1, -0.05) is 43.5 Å². The minimum atomic E-state index is 0.568. The molecule has 1 aliphatic carbocycles. The summed E-state index contributed by atoms with van der Waals surface area (Å²) in [6, 6.07) is 8.72. The fraction of sp³-hybridized carbons (Fsp3) is 0.667. The van der Waals surface area contributed by atoms with Crippen LogP contribution in [-0.2, 0) is 13.1 Å². The van der Waals surface area contributed by atoms with Crippen molar-refractivity contribution in [3.05, 3.63) is 35.4 Å². The van der Waals surface area contributed by atoms with Crippen molar-refractivity contribution >= 4 is 5.96 Å². The van der Waals surface area contributed by atoms with Crippen LogP contribution in [0.1, 0.15) is 49.7 Å². The molecule has 0 bridgehead atoms. The maximum Gasteiger partial charge on any atom is 0.193 e. The normalized spacial score (nSPS) is 20.5. The molecular weight excluding hydrogens is 308 g/mol. The van der Waals surface area contributed by atoms with Gasteiger partial charge in [0.1, 0.15) is 0 Å². The Morgan fingerprint density at radius 3 is 2.52 bits per heavy atom. The van der Waals surface area contributed by atoms with Crippen molar-refractivity contribution in [2.45, 2.75) is 51.6 Å². The molecule has 1 aromatic rings. The van der Waals surface area contributed by atoms with Gasteiger partial charge >= 0.3 is 0 Å². The molecule has 4 nitrogen and oxygen atoms in total. The topological polar surface area (TPSA) is 30.9 Å². The minimum absolute atomic E-state index is 0.568. The van der Waals surface area contributed by atoms with Gasteiger partial charge in [-0.15, -0.1) is 0 Å². The molecule has 138 valence electrons. The maximum atomic E-state index is 4.57. The molecular formula is C21H34N4. The monoisotopic (exact) mass is 342 g/mol. The van der Waals surface area contributed by atoms with Crippen molar-refractivity contribution < 1.29 is 0 Å². The number of aliphatic imine (C=N–C) groups is 1. The van der Waals surface area contributed by atoms with Crippen LogP contribution < -0.4 is 5.32 Å². The highest BCUT2D eigenvalue weighted by atomic mass is 15.3. The summed E-state index contributed by atoms with van der Waals surface area (Å²) in [5, 5.41) is 3.62. The van der Waals surface area contributed by atoms with Gasteiger partial charge in [-0.05, 0) is 49.9 Å². The molecule has 1 aromatic carbocycles. The summed E-state index contributed by atoms with van der Waals surface area (Å²) in [7, 11) is 6.16. The molecule has 0 aromatic heterocycles. The SMILES string of the molecule is CN=C(NCc1ccccc1CN(C)C)N1CCC2(CCCCC2)C1. The second-order valence-corrected chi connectivity index (χ2v) is 8.14. The van der Waals surface area contributed by atoms with Crippen LogP contribution >= 0.6 is 0 Å². The molecule has 1 spiro atoms. The van der Waals surface area contributed by atoms with Crippen molar-refractivity contribution in [1.29, 1.82) is 0 Å². The lowest BCUT2D eigenvalue weighted by atomic mass is 9.73. The first-order valence-electron chi connectivity index (χ1n) is 9.79. The molecule has 1 heterocycles. The Morgan fingerprint density at radius 1 is 1.12 bits per heavy atom. The number of nitrogens with one attached hydrogen (secondary N) is 1. The smallest absolute Gasteiger partial charge is 0.193 e. The van der Waals surface area contributed by atoms with E-state index in [2.05, 4.69) is 58.5 Å². The zero-order valence-electron chi connectivity index (χ0n) is 16.2. The first kappa shape index (κ1) is 18.2. The number of rotatable bonds is 4. The van der Waals surface area contributed by atoms with Crippen LogP contribution in [0.4, 0.5) is 0 Å². The van der Waals surface area contributed by atoms with E-state index in [1.165, 1.54) is 56.2 Å². The fourth-order valence-electron chi connectivity index (χ4n) is 4.56. The summed E-state index contributed by atoms with van der Waals surface area (Å²) in [4.78, 5) is 9.28. The first-order valence-corrected chi connectivity index (χ1v) is 9.79. The molecule has 0 atom stereocenters. The Morgan fingerprint density at radius 2 is 1.84 bits per heavy atom. The van der Waals surface area contributed by atoms with Crippen LogP contribution in [-0.4, -0.2) is 50.0 Å². The van der Waals surface area contributed by atoms with Crippen LogP contribution in [0.5, 0.6) is 0 Å². The number of hydrogen-bond acceptors (Lipinski definition) is 2.